The van der Waals surface area contributed by atoms with E-state index in [4.69, 9.17) is 0 Å². The van der Waals surface area contributed by atoms with E-state index >= 15 is 0 Å². The van der Waals surface area contributed by atoms with E-state index in [-0.39, 0.29) is 23.4 Å². The van der Waals surface area contributed by atoms with Gasteiger partial charge in [-0.1, -0.05) is 64.0 Å². The summed E-state index contributed by atoms with van der Waals surface area (Å²) in [6.45, 7) is 6.90. The van der Waals surface area contributed by atoms with Gasteiger partial charge in [0.05, 0.1) is 10.6 Å². The molecule has 1 N–H and O–H groups in total. The smallest absolute Gasteiger partial charge is 0.264 e. The van der Waals surface area contributed by atoms with Crippen LogP contribution in [0.25, 0.3) is 0 Å². The molecule has 37 heavy (non-hydrogen) atoms. The maximum Gasteiger partial charge on any atom is 0.264 e. The summed E-state index contributed by atoms with van der Waals surface area (Å²) < 4.78 is 29.4. The largest absolute Gasteiger partial charge is 0.352 e. The second-order valence-electron chi connectivity index (χ2n) is 9.15. The number of carbonyl (C=O) groups excluding carboxylic acids is 2. The van der Waals surface area contributed by atoms with Crippen LogP contribution in [0.15, 0.2) is 88.2 Å². The molecule has 0 aromatic heterocycles. The molecule has 0 bridgehead atoms. The van der Waals surface area contributed by atoms with E-state index in [2.05, 4.69) is 21.2 Å². The van der Waals surface area contributed by atoms with Gasteiger partial charge in [0.1, 0.15) is 12.6 Å². The van der Waals surface area contributed by atoms with Gasteiger partial charge in [-0.3, -0.25) is 13.9 Å². The van der Waals surface area contributed by atoms with Crippen LogP contribution in [-0.2, 0) is 26.2 Å². The monoisotopic (exact) mass is 585 g/mol. The van der Waals surface area contributed by atoms with Gasteiger partial charge in [-0.05, 0) is 69.7 Å². The highest BCUT2D eigenvalue weighted by Crippen LogP contribution is 2.26. The minimum absolute atomic E-state index is 0.0778. The van der Waals surface area contributed by atoms with Crippen LogP contribution in [-0.4, -0.2) is 43.8 Å². The number of nitrogens with one attached hydrogen (secondary N) is 1. The normalized spacial score (nSPS) is 12.2. The summed E-state index contributed by atoms with van der Waals surface area (Å²) >= 11 is 3.38. The van der Waals surface area contributed by atoms with Crippen LogP contribution in [0.3, 0.4) is 0 Å². The van der Waals surface area contributed by atoms with Gasteiger partial charge in [-0.25, -0.2) is 8.42 Å². The maximum absolute atomic E-state index is 13.8. The molecule has 9 heteroatoms. The fraction of sp³-hybridized carbons (Fsp3) is 0.286. The lowest BCUT2D eigenvalue weighted by Gasteiger charge is -2.32. The van der Waals surface area contributed by atoms with Crippen molar-refractivity contribution < 1.29 is 18.0 Å². The maximum atomic E-state index is 13.8. The van der Waals surface area contributed by atoms with E-state index in [1.165, 1.54) is 17.0 Å². The first-order chi connectivity index (χ1) is 17.5. The van der Waals surface area contributed by atoms with Gasteiger partial charge >= 0.3 is 0 Å². The van der Waals surface area contributed by atoms with Crippen LogP contribution in [0.4, 0.5) is 5.69 Å². The molecule has 0 radical (unpaired) electrons. The zero-order valence-corrected chi connectivity index (χ0v) is 23.8. The number of rotatable bonds is 10. The first-order valence-electron chi connectivity index (χ1n) is 12.0. The van der Waals surface area contributed by atoms with E-state index in [0.717, 1.165) is 19.9 Å². The summed E-state index contributed by atoms with van der Waals surface area (Å²) in [7, 11) is -4.08. The molecule has 0 spiro atoms. The van der Waals surface area contributed by atoms with E-state index < -0.39 is 28.5 Å². The average molecular weight is 587 g/mol. The summed E-state index contributed by atoms with van der Waals surface area (Å²) in [6.07, 6.45) is 0. The zero-order chi connectivity index (χ0) is 27.2. The number of sulfonamides is 1. The third-order valence-corrected chi connectivity index (χ3v) is 8.11. The Balaban J connectivity index is 2.01. The molecule has 0 aliphatic rings. The number of aryl methyl sites for hydroxylation is 1. The highest BCUT2D eigenvalue weighted by molar-refractivity contribution is 9.10. The quantitative estimate of drug-likeness (QED) is 0.367. The Hall–Kier alpha value is -3.17. The second kappa shape index (κ2) is 12.4. The Kier molecular flexibility index (Phi) is 9.50. The van der Waals surface area contributed by atoms with Crippen molar-refractivity contribution in [2.75, 3.05) is 10.8 Å². The number of halogens is 1. The van der Waals surface area contributed by atoms with Gasteiger partial charge < -0.3 is 10.2 Å². The third kappa shape index (κ3) is 7.42. The van der Waals surface area contributed by atoms with Crippen molar-refractivity contribution in [3.05, 3.63) is 94.5 Å². The van der Waals surface area contributed by atoms with Crippen LogP contribution in [0.2, 0.25) is 0 Å². The van der Waals surface area contributed by atoms with Crippen LogP contribution in [0.1, 0.15) is 31.9 Å². The SMILES string of the molecule is Cc1ccc(S(=O)(=O)N(CC(=O)N(Cc2ccccc2)[C@@H](C)C(=O)NC(C)C)c2ccc(Br)cc2)cc1. The Morgan fingerprint density at radius 3 is 2.05 bits per heavy atom. The molecule has 0 saturated heterocycles. The lowest BCUT2D eigenvalue weighted by molar-refractivity contribution is -0.139. The molecule has 0 aliphatic carbocycles. The van der Waals surface area contributed by atoms with Gasteiger partial charge in [0, 0.05) is 17.1 Å². The minimum Gasteiger partial charge on any atom is -0.352 e. The Bertz CT molecular complexity index is 1310. The zero-order valence-electron chi connectivity index (χ0n) is 21.4. The summed E-state index contributed by atoms with van der Waals surface area (Å²) in [5, 5.41) is 2.85. The number of nitrogens with zero attached hydrogens (tertiary/aromatic N) is 2. The number of hydrogen-bond acceptors (Lipinski definition) is 4. The molecule has 7 nitrogen and oxygen atoms in total. The van der Waals surface area contributed by atoms with Crippen molar-refractivity contribution in [1.29, 1.82) is 0 Å². The third-order valence-electron chi connectivity index (χ3n) is 5.80. The Morgan fingerprint density at radius 2 is 1.49 bits per heavy atom. The molecule has 0 saturated carbocycles. The molecule has 0 fully saturated rings. The predicted molar refractivity (Wildman–Crippen MR) is 150 cm³/mol. The summed E-state index contributed by atoms with van der Waals surface area (Å²) in [5.41, 5.74) is 2.09. The number of amides is 2. The second-order valence-corrected chi connectivity index (χ2v) is 11.9. The van der Waals surface area contributed by atoms with Gasteiger partial charge in [0.15, 0.2) is 0 Å². The first kappa shape index (κ1) is 28.4. The number of benzene rings is 3. The van der Waals surface area contributed by atoms with Crippen molar-refractivity contribution in [3.63, 3.8) is 0 Å². The van der Waals surface area contributed by atoms with Crippen molar-refractivity contribution in [3.8, 4) is 0 Å². The van der Waals surface area contributed by atoms with E-state index in [1.54, 1.807) is 43.3 Å². The summed E-state index contributed by atoms with van der Waals surface area (Å²) in [4.78, 5) is 28.2. The van der Waals surface area contributed by atoms with Crippen molar-refractivity contribution in [1.82, 2.24) is 10.2 Å². The molecule has 0 heterocycles. The molecule has 3 rings (SSSR count). The number of carbonyl (C=O) groups is 2. The van der Waals surface area contributed by atoms with Gasteiger partial charge in [0.25, 0.3) is 10.0 Å². The van der Waals surface area contributed by atoms with Gasteiger partial charge in [-0.15, -0.1) is 0 Å². The fourth-order valence-corrected chi connectivity index (χ4v) is 5.42. The lowest BCUT2D eigenvalue weighted by atomic mass is 10.1. The Morgan fingerprint density at radius 1 is 0.892 bits per heavy atom. The molecule has 2 amide bonds. The molecule has 1 atom stereocenters. The minimum atomic E-state index is -4.08. The average Bonchev–Trinajstić information content (AvgIpc) is 2.86. The van der Waals surface area contributed by atoms with Crippen molar-refractivity contribution in [2.24, 2.45) is 0 Å². The molecule has 0 aliphatic heterocycles. The molecule has 3 aromatic rings. The molecule has 196 valence electrons. The first-order valence-corrected chi connectivity index (χ1v) is 14.2. The summed E-state index contributed by atoms with van der Waals surface area (Å²) in [5.74, 6) is -0.801. The van der Waals surface area contributed by atoms with Gasteiger partial charge in [0.2, 0.25) is 11.8 Å². The topological polar surface area (TPSA) is 86.8 Å². The van der Waals surface area contributed by atoms with E-state index in [1.807, 2.05) is 51.1 Å². The number of anilines is 1. The molecule has 3 aromatic carbocycles. The van der Waals surface area contributed by atoms with Crippen molar-refractivity contribution in [2.45, 2.75) is 51.2 Å². The predicted octanol–water partition coefficient (Wildman–Crippen LogP) is 4.89. The molecular formula is C28H32BrN3O4S. The van der Waals surface area contributed by atoms with Gasteiger partial charge in [-0.2, -0.15) is 0 Å². The van der Waals surface area contributed by atoms with Crippen LogP contribution >= 0.6 is 15.9 Å². The van der Waals surface area contributed by atoms with E-state index in [9.17, 15) is 18.0 Å². The van der Waals surface area contributed by atoms with Crippen LogP contribution < -0.4 is 9.62 Å². The summed E-state index contributed by atoms with van der Waals surface area (Å²) in [6, 6.07) is 21.6. The molecule has 0 unspecified atom stereocenters. The fourth-order valence-electron chi connectivity index (χ4n) is 3.74. The lowest BCUT2D eigenvalue weighted by Crippen LogP contribution is -2.52. The standard InChI is InChI=1S/C28H32BrN3O4S/c1-20(2)30-28(34)22(4)31(18-23-8-6-5-7-9-23)27(33)19-32(25-14-12-24(29)13-15-25)37(35,36)26-16-10-21(3)11-17-26/h5-17,20,22H,18-19H2,1-4H3,(H,30,34)/t22-/m0/s1. The highest BCUT2D eigenvalue weighted by atomic mass is 79.9. The van der Waals surface area contributed by atoms with Crippen LogP contribution in [0.5, 0.6) is 0 Å². The number of hydrogen-bond donors (Lipinski definition) is 1. The molecular weight excluding hydrogens is 554 g/mol. The van der Waals surface area contributed by atoms with Crippen LogP contribution in [0, 0.1) is 6.92 Å². The van der Waals surface area contributed by atoms with Crippen molar-refractivity contribution >= 4 is 43.5 Å². The highest BCUT2D eigenvalue weighted by Gasteiger charge is 2.32. The van der Waals surface area contributed by atoms with E-state index in [0.29, 0.717) is 5.69 Å². The Labute approximate surface area is 227 Å².